The highest BCUT2D eigenvalue weighted by Crippen LogP contribution is 2.38. The highest BCUT2D eigenvalue weighted by atomic mass is 79.9. The molecule has 0 spiro atoms. The quantitative estimate of drug-likeness (QED) is 0.283. The fourth-order valence-electron chi connectivity index (χ4n) is 4.98. The summed E-state index contributed by atoms with van der Waals surface area (Å²) in [6.45, 7) is 2.57. The summed E-state index contributed by atoms with van der Waals surface area (Å²) in [6.07, 6.45) is 10.1. The molecule has 4 aromatic rings. The average Bonchev–Trinajstić information content (AvgIpc) is 3.27. The van der Waals surface area contributed by atoms with Crippen LogP contribution in [0.3, 0.4) is 0 Å². The van der Waals surface area contributed by atoms with E-state index in [1.807, 2.05) is 41.9 Å². The largest absolute Gasteiger partial charge is 0.366 e. The zero-order chi connectivity index (χ0) is 25.1. The fourth-order valence-corrected chi connectivity index (χ4v) is 6.86. The zero-order valence-electron chi connectivity index (χ0n) is 20.3. The van der Waals surface area contributed by atoms with Crippen molar-refractivity contribution in [1.82, 2.24) is 19.6 Å². The third-order valence-corrected chi connectivity index (χ3v) is 9.36. The van der Waals surface area contributed by atoms with Gasteiger partial charge < -0.3 is 5.32 Å². The molecular weight excluding hydrogens is 538 g/mol. The predicted molar refractivity (Wildman–Crippen MR) is 145 cm³/mol. The normalized spacial score (nSPS) is 18.4. The Kier molecular flexibility index (Phi) is 7.39. The lowest BCUT2D eigenvalue weighted by molar-refractivity contribution is 0.316. The number of aryl methyl sites for hydroxylation is 1. The van der Waals surface area contributed by atoms with E-state index in [1.165, 1.54) is 0 Å². The van der Waals surface area contributed by atoms with Crippen LogP contribution in [0.5, 0.6) is 0 Å². The lowest BCUT2D eigenvalue weighted by atomic mass is 9.79. The summed E-state index contributed by atoms with van der Waals surface area (Å²) in [4.78, 5) is 9.57. The lowest BCUT2D eigenvalue weighted by Gasteiger charge is -2.28. The smallest absolute Gasteiger partial charge is 0.178 e. The number of hydrogen-bond donors (Lipinski definition) is 1. The Hall–Kier alpha value is -2.78. The van der Waals surface area contributed by atoms with E-state index in [-0.39, 0.29) is 5.75 Å². The number of nitrogens with zero attached hydrogens (tertiary/aromatic N) is 4. The molecular formula is C27H30BrN5O2S. The lowest BCUT2D eigenvalue weighted by Crippen LogP contribution is -2.18. The Morgan fingerprint density at radius 1 is 1.08 bits per heavy atom. The second-order valence-corrected chi connectivity index (χ2v) is 12.6. The van der Waals surface area contributed by atoms with Crippen molar-refractivity contribution in [3.05, 3.63) is 82.3 Å². The SMILES string of the molecule is Cc1cccc(S(=O)(=O)CCC2CCC(c3cc(NCc4cccnc4)n4ncc(Br)c4n3)CC2)c1. The topological polar surface area (TPSA) is 89.2 Å². The fraction of sp³-hybridized carbons (Fsp3) is 0.370. The van der Waals surface area contributed by atoms with Crippen molar-refractivity contribution in [3.8, 4) is 0 Å². The number of hydrogen-bond acceptors (Lipinski definition) is 6. The van der Waals surface area contributed by atoms with Gasteiger partial charge in [0.1, 0.15) is 5.82 Å². The third kappa shape index (κ3) is 5.62. The van der Waals surface area contributed by atoms with Crippen LogP contribution < -0.4 is 5.32 Å². The number of fused-ring (bicyclic) bond motifs is 1. The van der Waals surface area contributed by atoms with Gasteiger partial charge in [-0.3, -0.25) is 4.98 Å². The van der Waals surface area contributed by atoms with Crippen molar-refractivity contribution < 1.29 is 8.42 Å². The molecule has 1 fully saturated rings. The van der Waals surface area contributed by atoms with E-state index in [0.29, 0.717) is 29.7 Å². The Labute approximate surface area is 220 Å². The number of nitrogens with one attached hydrogen (secondary N) is 1. The Balaban J connectivity index is 1.25. The summed E-state index contributed by atoms with van der Waals surface area (Å²) in [6, 6.07) is 13.3. The van der Waals surface area contributed by atoms with Gasteiger partial charge in [-0.05, 0) is 90.2 Å². The predicted octanol–water partition coefficient (Wildman–Crippen LogP) is 5.95. The van der Waals surface area contributed by atoms with E-state index < -0.39 is 9.84 Å². The van der Waals surface area contributed by atoms with Gasteiger partial charge in [-0.2, -0.15) is 9.61 Å². The summed E-state index contributed by atoms with van der Waals surface area (Å²) in [5, 5.41) is 7.97. The number of halogens is 1. The van der Waals surface area contributed by atoms with Gasteiger partial charge in [-0.25, -0.2) is 13.4 Å². The molecule has 1 aliphatic rings. The Morgan fingerprint density at radius 3 is 2.67 bits per heavy atom. The standard InChI is InChI=1S/C27H30BrN5O2S/c1-19-4-2-6-23(14-19)36(34,35)13-11-20-7-9-22(10-8-20)25-15-26(30-17-21-5-3-12-29-16-21)33-27(32-25)24(28)18-31-33/h2-6,12,14-16,18,20,22,30H,7-11,13,17H2,1H3. The monoisotopic (exact) mass is 567 g/mol. The summed E-state index contributed by atoms with van der Waals surface area (Å²) >= 11 is 3.59. The van der Waals surface area contributed by atoms with Crippen molar-refractivity contribution in [3.63, 3.8) is 0 Å². The van der Waals surface area contributed by atoms with Gasteiger partial charge in [-0.15, -0.1) is 0 Å². The Morgan fingerprint density at radius 2 is 1.92 bits per heavy atom. The minimum atomic E-state index is -3.25. The van der Waals surface area contributed by atoms with Crippen molar-refractivity contribution in [2.75, 3.05) is 11.1 Å². The Bertz CT molecular complexity index is 1450. The van der Waals surface area contributed by atoms with Gasteiger partial charge in [0.2, 0.25) is 0 Å². The third-order valence-electron chi connectivity index (χ3n) is 7.05. The molecule has 1 aromatic carbocycles. The first kappa shape index (κ1) is 24.9. The molecule has 0 aliphatic heterocycles. The molecule has 1 saturated carbocycles. The van der Waals surface area contributed by atoms with Gasteiger partial charge in [0.25, 0.3) is 0 Å². The maximum absolute atomic E-state index is 12.8. The molecule has 3 heterocycles. The number of pyridine rings is 1. The molecule has 188 valence electrons. The van der Waals surface area contributed by atoms with Crippen LogP contribution in [0.15, 0.2) is 70.4 Å². The van der Waals surface area contributed by atoms with Crippen LogP contribution in [0.2, 0.25) is 0 Å². The van der Waals surface area contributed by atoms with E-state index in [2.05, 4.69) is 37.4 Å². The summed E-state index contributed by atoms with van der Waals surface area (Å²) in [7, 11) is -3.25. The second kappa shape index (κ2) is 10.7. The van der Waals surface area contributed by atoms with Crippen LogP contribution in [0.25, 0.3) is 5.65 Å². The van der Waals surface area contributed by atoms with E-state index in [9.17, 15) is 8.42 Å². The number of rotatable bonds is 8. The zero-order valence-corrected chi connectivity index (χ0v) is 22.7. The highest BCUT2D eigenvalue weighted by molar-refractivity contribution is 9.10. The van der Waals surface area contributed by atoms with Crippen LogP contribution in [0.1, 0.15) is 54.8 Å². The van der Waals surface area contributed by atoms with Crippen molar-refractivity contribution >= 4 is 37.2 Å². The first-order valence-corrected chi connectivity index (χ1v) is 14.8. The van der Waals surface area contributed by atoms with Crippen LogP contribution in [-0.4, -0.2) is 33.8 Å². The first-order valence-electron chi connectivity index (χ1n) is 12.4. The van der Waals surface area contributed by atoms with Crippen LogP contribution in [0, 0.1) is 12.8 Å². The highest BCUT2D eigenvalue weighted by Gasteiger charge is 2.26. The molecule has 0 unspecified atom stereocenters. The first-order chi connectivity index (χ1) is 17.4. The van der Waals surface area contributed by atoms with Crippen LogP contribution in [-0.2, 0) is 16.4 Å². The molecule has 1 N–H and O–H groups in total. The van der Waals surface area contributed by atoms with Crippen LogP contribution in [0.4, 0.5) is 5.82 Å². The molecule has 0 bridgehead atoms. The molecule has 0 amide bonds. The van der Waals surface area contributed by atoms with Gasteiger partial charge in [0, 0.05) is 36.6 Å². The van der Waals surface area contributed by atoms with Crippen molar-refractivity contribution in [1.29, 1.82) is 0 Å². The molecule has 0 atom stereocenters. The number of aromatic nitrogens is 4. The molecule has 3 aromatic heterocycles. The summed E-state index contributed by atoms with van der Waals surface area (Å²) < 4.78 is 28.3. The summed E-state index contributed by atoms with van der Waals surface area (Å²) in [5.74, 6) is 1.88. The average molecular weight is 569 g/mol. The van der Waals surface area contributed by atoms with Crippen LogP contribution >= 0.6 is 15.9 Å². The second-order valence-electron chi connectivity index (χ2n) is 9.65. The van der Waals surface area contributed by atoms with Crippen molar-refractivity contribution in [2.45, 2.75) is 56.4 Å². The molecule has 1 aliphatic carbocycles. The van der Waals surface area contributed by atoms with Crippen molar-refractivity contribution in [2.24, 2.45) is 5.92 Å². The number of benzene rings is 1. The minimum Gasteiger partial charge on any atom is -0.366 e. The van der Waals surface area contributed by atoms with E-state index in [0.717, 1.165) is 58.4 Å². The molecule has 7 nitrogen and oxygen atoms in total. The van der Waals surface area contributed by atoms with Gasteiger partial charge in [0.15, 0.2) is 15.5 Å². The van der Waals surface area contributed by atoms with Gasteiger partial charge in [-0.1, -0.05) is 18.2 Å². The summed E-state index contributed by atoms with van der Waals surface area (Å²) in [5.41, 5.74) is 3.92. The molecule has 0 radical (unpaired) electrons. The molecule has 5 rings (SSSR count). The minimum absolute atomic E-state index is 0.210. The maximum Gasteiger partial charge on any atom is 0.178 e. The number of sulfone groups is 1. The van der Waals surface area contributed by atoms with E-state index >= 15 is 0 Å². The van der Waals surface area contributed by atoms with E-state index in [1.54, 1.807) is 24.5 Å². The molecule has 9 heteroatoms. The van der Waals surface area contributed by atoms with Gasteiger partial charge in [0.05, 0.1) is 21.3 Å². The van der Waals surface area contributed by atoms with E-state index in [4.69, 9.17) is 4.98 Å². The van der Waals surface area contributed by atoms with Gasteiger partial charge >= 0.3 is 0 Å². The maximum atomic E-state index is 12.8. The number of anilines is 1. The molecule has 36 heavy (non-hydrogen) atoms. The molecule has 0 saturated heterocycles.